The zero-order valence-electron chi connectivity index (χ0n) is 7.90. The Balaban J connectivity index is 2.18. The molecule has 1 rings (SSSR count). The average molecular weight is 155 g/mol. The van der Waals surface area contributed by atoms with Gasteiger partial charge < -0.3 is 5.32 Å². The van der Waals surface area contributed by atoms with Crippen molar-refractivity contribution in [3.05, 3.63) is 0 Å². The standard InChI is InChI=1S/C10H21N/c1-3-4-5-10-6-7-11-8-9(10)2/h9-11H,3-8H2,1-2H3. The first kappa shape index (κ1) is 9.05. The van der Waals surface area contributed by atoms with Crippen molar-refractivity contribution >= 4 is 0 Å². The van der Waals surface area contributed by atoms with Crippen molar-refractivity contribution in [2.75, 3.05) is 13.1 Å². The van der Waals surface area contributed by atoms with Gasteiger partial charge in [-0.05, 0) is 31.3 Å². The van der Waals surface area contributed by atoms with Crippen LogP contribution in [0, 0.1) is 11.8 Å². The topological polar surface area (TPSA) is 12.0 Å². The second-order valence-corrected chi connectivity index (χ2v) is 3.87. The van der Waals surface area contributed by atoms with Crippen LogP contribution in [0.4, 0.5) is 0 Å². The van der Waals surface area contributed by atoms with Crippen LogP contribution in [-0.2, 0) is 0 Å². The predicted molar refractivity (Wildman–Crippen MR) is 49.7 cm³/mol. The molecule has 0 aromatic heterocycles. The Morgan fingerprint density at radius 2 is 2.27 bits per heavy atom. The summed E-state index contributed by atoms with van der Waals surface area (Å²) in [6, 6.07) is 0. The molecule has 1 nitrogen and oxygen atoms in total. The Kier molecular flexibility index (Phi) is 3.92. The van der Waals surface area contributed by atoms with Crippen molar-refractivity contribution in [3.63, 3.8) is 0 Å². The maximum Gasteiger partial charge on any atom is -0.00205 e. The highest BCUT2D eigenvalue weighted by Crippen LogP contribution is 2.23. The first-order valence-electron chi connectivity index (χ1n) is 5.05. The molecule has 1 N–H and O–H groups in total. The van der Waals surface area contributed by atoms with Gasteiger partial charge in [0.25, 0.3) is 0 Å². The van der Waals surface area contributed by atoms with Gasteiger partial charge in [0.15, 0.2) is 0 Å². The number of unbranched alkanes of at least 4 members (excludes halogenated alkanes) is 1. The summed E-state index contributed by atoms with van der Waals surface area (Å²) in [7, 11) is 0. The van der Waals surface area contributed by atoms with E-state index >= 15 is 0 Å². The van der Waals surface area contributed by atoms with Crippen molar-refractivity contribution in [1.82, 2.24) is 5.32 Å². The lowest BCUT2D eigenvalue weighted by Gasteiger charge is -2.29. The molecule has 0 aromatic rings. The quantitative estimate of drug-likeness (QED) is 0.660. The minimum absolute atomic E-state index is 0.912. The van der Waals surface area contributed by atoms with E-state index in [-0.39, 0.29) is 0 Å². The second kappa shape index (κ2) is 4.76. The Hall–Kier alpha value is -0.0400. The monoisotopic (exact) mass is 155 g/mol. The summed E-state index contributed by atoms with van der Waals surface area (Å²) in [6.45, 7) is 7.16. The van der Waals surface area contributed by atoms with E-state index in [1.165, 1.54) is 38.8 Å². The van der Waals surface area contributed by atoms with Crippen LogP contribution < -0.4 is 5.32 Å². The molecule has 2 atom stereocenters. The summed E-state index contributed by atoms with van der Waals surface area (Å²) in [4.78, 5) is 0. The lowest BCUT2D eigenvalue weighted by Crippen LogP contribution is -2.34. The van der Waals surface area contributed by atoms with Crippen LogP contribution >= 0.6 is 0 Å². The third-order valence-corrected chi connectivity index (χ3v) is 2.89. The second-order valence-electron chi connectivity index (χ2n) is 3.87. The number of rotatable bonds is 3. The number of nitrogens with one attached hydrogen (secondary N) is 1. The largest absolute Gasteiger partial charge is 0.316 e. The number of piperidine rings is 1. The molecular weight excluding hydrogens is 134 g/mol. The van der Waals surface area contributed by atoms with E-state index in [1.807, 2.05) is 0 Å². The first-order valence-corrected chi connectivity index (χ1v) is 5.05. The van der Waals surface area contributed by atoms with Crippen LogP contribution in [0.5, 0.6) is 0 Å². The summed E-state index contributed by atoms with van der Waals surface area (Å²) < 4.78 is 0. The summed E-state index contributed by atoms with van der Waals surface area (Å²) in [5, 5.41) is 3.44. The molecule has 11 heavy (non-hydrogen) atoms. The van der Waals surface area contributed by atoms with Gasteiger partial charge in [0, 0.05) is 0 Å². The smallest absolute Gasteiger partial charge is 0.00205 e. The lowest BCUT2D eigenvalue weighted by atomic mass is 9.84. The van der Waals surface area contributed by atoms with Crippen LogP contribution in [0.2, 0.25) is 0 Å². The highest BCUT2D eigenvalue weighted by Gasteiger charge is 2.19. The summed E-state index contributed by atoms with van der Waals surface area (Å²) in [5.74, 6) is 1.92. The molecular formula is C10H21N. The van der Waals surface area contributed by atoms with Crippen molar-refractivity contribution in [3.8, 4) is 0 Å². The van der Waals surface area contributed by atoms with E-state index in [0.29, 0.717) is 0 Å². The zero-order valence-corrected chi connectivity index (χ0v) is 7.90. The van der Waals surface area contributed by atoms with Gasteiger partial charge in [-0.3, -0.25) is 0 Å². The number of hydrogen-bond donors (Lipinski definition) is 1. The molecule has 1 saturated heterocycles. The van der Waals surface area contributed by atoms with Gasteiger partial charge in [-0.1, -0.05) is 33.1 Å². The molecule has 0 radical (unpaired) electrons. The summed E-state index contributed by atoms with van der Waals surface area (Å²) in [5.41, 5.74) is 0. The van der Waals surface area contributed by atoms with Gasteiger partial charge in [0.1, 0.15) is 0 Å². The van der Waals surface area contributed by atoms with Crippen LogP contribution in [0.15, 0.2) is 0 Å². The molecule has 1 aliphatic heterocycles. The summed E-state index contributed by atoms with van der Waals surface area (Å²) in [6.07, 6.45) is 5.65. The molecule has 0 aromatic carbocycles. The Bertz CT molecular complexity index is 101. The summed E-state index contributed by atoms with van der Waals surface area (Å²) >= 11 is 0. The Labute approximate surface area is 70.6 Å². The van der Waals surface area contributed by atoms with E-state index in [9.17, 15) is 0 Å². The van der Waals surface area contributed by atoms with E-state index < -0.39 is 0 Å². The van der Waals surface area contributed by atoms with E-state index in [4.69, 9.17) is 0 Å². The molecule has 1 heteroatoms. The van der Waals surface area contributed by atoms with Crippen molar-refractivity contribution in [2.24, 2.45) is 11.8 Å². The fourth-order valence-corrected chi connectivity index (χ4v) is 1.96. The maximum atomic E-state index is 3.44. The Morgan fingerprint density at radius 3 is 2.91 bits per heavy atom. The fourth-order valence-electron chi connectivity index (χ4n) is 1.96. The first-order chi connectivity index (χ1) is 5.34. The zero-order chi connectivity index (χ0) is 8.10. The molecule has 2 unspecified atom stereocenters. The van der Waals surface area contributed by atoms with Crippen molar-refractivity contribution in [1.29, 1.82) is 0 Å². The maximum absolute atomic E-state index is 3.44. The third-order valence-electron chi connectivity index (χ3n) is 2.89. The van der Waals surface area contributed by atoms with Gasteiger partial charge >= 0.3 is 0 Å². The van der Waals surface area contributed by atoms with Gasteiger partial charge in [0.2, 0.25) is 0 Å². The minimum Gasteiger partial charge on any atom is -0.316 e. The molecule has 1 aliphatic rings. The highest BCUT2D eigenvalue weighted by atomic mass is 14.9. The van der Waals surface area contributed by atoms with Gasteiger partial charge in [-0.25, -0.2) is 0 Å². The van der Waals surface area contributed by atoms with E-state index in [0.717, 1.165) is 11.8 Å². The molecule has 0 aliphatic carbocycles. The SMILES string of the molecule is CCCCC1CCNCC1C. The van der Waals surface area contributed by atoms with E-state index in [1.54, 1.807) is 0 Å². The molecule has 1 heterocycles. The van der Waals surface area contributed by atoms with Crippen LogP contribution in [0.25, 0.3) is 0 Å². The van der Waals surface area contributed by atoms with Crippen LogP contribution in [-0.4, -0.2) is 13.1 Å². The van der Waals surface area contributed by atoms with E-state index in [2.05, 4.69) is 19.2 Å². The van der Waals surface area contributed by atoms with Crippen molar-refractivity contribution in [2.45, 2.75) is 39.5 Å². The van der Waals surface area contributed by atoms with Crippen LogP contribution in [0.1, 0.15) is 39.5 Å². The molecule has 0 bridgehead atoms. The third kappa shape index (κ3) is 2.82. The predicted octanol–water partition coefficient (Wildman–Crippen LogP) is 2.42. The molecule has 66 valence electrons. The fraction of sp³-hybridized carbons (Fsp3) is 1.00. The Morgan fingerprint density at radius 1 is 1.45 bits per heavy atom. The van der Waals surface area contributed by atoms with Crippen molar-refractivity contribution < 1.29 is 0 Å². The van der Waals surface area contributed by atoms with Gasteiger partial charge in [-0.2, -0.15) is 0 Å². The average Bonchev–Trinajstić information content (AvgIpc) is 2.03. The molecule has 0 amide bonds. The van der Waals surface area contributed by atoms with Gasteiger partial charge in [0.05, 0.1) is 0 Å². The van der Waals surface area contributed by atoms with Gasteiger partial charge in [-0.15, -0.1) is 0 Å². The van der Waals surface area contributed by atoms with Crippen LogP contribution in [0.3, 0.4) is 0 Å². The minimum atomic E-state index is 0.912. The molecule has 0 saturated carbocycles. The number of hydrogen-bond acceptors (Lipinski definition) is 1. The molecule has 0 spiro atoms. The normalized spacial score (nSPS) is 32.2. The highest BCUT2D eigenvalue weighted by molar-refractivity contribution is 4.74. The lowest BCUT2D eigenvalue weighted by molar-refractivity contribution is 0.254. The molecule has 1 fully saturated rings.